The van der Waals surface area contributed by atoms with E-state index in [-0.39, 0.29) is 12.5 Å². The van der Waals surface area contributed by atoms with Crippen molar-refractivity contribution in [3.05, 3.63) is 68.4 Å². The van der Waals surface area contributed by atoms with Gasteiger partial charge in [-0.2, -0.15) is 4.68 Å². The Bertz CT molecular complexity index is 862. The Labute approximate surface area is 155 Å². The molecule has 0 radical (unpaired) electrons. The summed E-state index contributed by atoms with van der Waals surface area (Å²) in [6.45, 7) is 0.159. The number of tetrazole rings is 1. The number of carbonyl (C=O) groups is 1. The van der Waals surface area contributed by atoms with Crippen molar-refractivity contribution in [2.24, 2.45) is 0 Å². The molecule has 9 heteroatoms. The molecule has 0 saturated heterocycles. The van der Waals surface area contributed by atoms with Crippen LogP contribution in [0.1, 0.15) is 16.2 Å². The molecule has 0 aliphatic heterocycles. The lowest BCUT2D eigenvalue weighted by Gasteiger charge is -2.07. The maximum atomic E-state index is 12.2. The molecule has 3 aromatic rings. The number of rotatable bonds is 4. The molecule has 3 rings (SSSR count). The highest BCUT2D eigenvalue weighted by atomic mass is 79.9. The average molecular weight is 427 g/mol. The fraction of sp³-hybridized carbons (Fsp3) is 0.0667. The minimum Gasteiger partial charge on any atom is -0.345 e. The number of aromatic nitrogens is 4. The lowest BCUT2D eigenvalue weighted by molar-refractivity contribution is 0.0949. The SMILES string of the molecule is O=C(NCc1nnnn1-c1ccc(Br)cc1)c1cc(Cl)cc(Cl)c1. The van der Waals surface area contributed by atoms with Crippen LogP contribution in [0.5, 0.6) is 0 Å². The van der Waals surface area contributed by atoms with Crippen molar-refractivity contribution in [1.82, 2.24) is 25.5 Å². The zero-order valence-corrected chi connectivity index (χ0v) is 15.2. The van der Waals surface area contributed by atoms with Gasteiger partial charge < -0.3 is 5.32 Å². The van der Waals surface area contributed by atoms with E-state index in [1.54, 1.807) is 22.9 Å². The summed E-state index contributed by atoms with van der Waals surface area (Å²) in [6.07, 6.45) is 0. The molecule has 0 unspecified atom stereocenters. The Kier molecular flexibility index (Phi) is 5.13. The van der Waals surface area contributed by atoms with Gasteiger partial charge in [0.25, 0.3) is 5.91 Å². The van der Waals surface area contributed by atoms with E-state index in [4.69, 9.17) is 23.2 Å². The van der Waals surface area contributed by atoms with Gasteiger partial charge >= 0.3 is 0 Å². The summed E-state index contributed by atoms with van der Waals surface area (Å²) in [5.41, 5.74) is 1.16. The molecule has 122 valence electrons. The quantitative estimate of drug-likeness (QED) is 0.690. The standard InChI is InChI=1S/C15H10BrCl2N5O/c16-10-1-3-13(4-2-10)23-14(20-21-22-23)8-19-15(24)9-5-11(17)7-12(18)6-9/h1-7H,8H2,(H,19,24). The number of hydrogen-bond donors (Lipinski definition) is 1. The summed E-state index contributed by atoms with van der Waals surface area (Å²) < 4.78 is 2.50. The van der Waals surface area contributed by atoms with Crippen molar-refractivity contribution >= 4 is 45.0 Å². The summed E-state index contributed by atoms with van der Waals surface area (Å²) in [7, 11) is 0. The highest BCUT2D eigenvalue weighted by molar-refractivity contribution is 9.10. The summed E-state index contributed by atoms with van der Waals surface area (Å²) in [6, 6.07) is 12.1. The van der Waals surface area contributed by atoms with Crippen LogP contribution in [0, 0.1) is 0 Å². The molecule has 0 saturated carbocycles. The topological polar surface area (TPSA) is 72.7 Å². The van der Waals surface area contributed by atoms with Crippen molar-refractivity contribution in [2.75, 3.05) is 0 Å². The monoisotopic (exact) mass is 425 g/mol. The maximum absolute atomic E-state index is 12.2. The van der Waals surface area contributed by atoms with Gasteiger partial charge in [-0.05, 0) is 52.9 Å². The van der Waals surface area contributed by atoms with Crippen molar-refractivity contribution in [2.45, 2.75) is 6.54 Å². The second-order valence-electron chi connectivity index (χ2n) is 4.82. The molecule has 0 spiro atoms. The fourth-order valence-corrected chi connectivity index (χ4v) is 2.84. The van der Waals surface area contributed by atoms with Gasteiger partial charge in [-0.3, -0.25) is 4.79 Å². The number of nitrogens with one attached hydrogen (secondary N) is 1. The van der Waals surface area contributed by atoms with Crippen molar-refractivity contribution in [3.8, 4) is 5.69 Å². The Morgan fingerprint density at radius 1 is 1.12 bits per heavy atom. The molecule has 1 aromatic heterocycles. The van der Waals surface area contributed by atoms with Crippen LogP contribution in [0.3, 0.4) is 0 Å². The Morgan fingerprint density at radius 2 is 1.79 bits per heavy atom. The predicted octanol–water partition coefficient (Wildman–Crippen LogP) is 3.66. The highest BCUT2D eigenvalue weighted by Crippen LogP contribution is 2.19. The summed E-state index contributed by atoms with van der Waals surface area (Å²) in [5.74, 6) is 0.184. The summed E-state index contributed by atoms with van der Waals surface area (Å²) in [4.78, 5) is 12.2. The minimum atomic E-state index is -0.315. The first-order valence-corrected chi connectivity index (χ1v) is 8.35. The first kappa shape index (κ1) is 16.9. The molecule has 0 fully saturated rings. The van der Waals surface area contributed by atoms with Crippen molar-refractivity contribution in [3.63, 3.8) is 0 Å². The second kappa shape index (κ2) is 7.29. The second-order valence-corrected chi connectivity index (χ2v) is 6.61. The average Bonchev–Trinajstić information content (AvgIpc) is 3.01. The van der Waals surface area contributed by atoms with Crippen molar-refractivity contribution < 1.29 is 4.79 Å². The molecule has 0 aliphatic carbocycles. The molecular weight excluding hydrogens is 417 g/mol. The Morgan fingerprint density at radius 3 is 2.46 bits per heavy atom. The first-order chi connectivity index (χ1) is 11.5. The Balaban J connectivity index is 1.74. The highest BCUT2D eigenvalue weighted by Gasteiger charge is 2.12. The predicted molar refractivity (Wildman–Crippen MR) is 94.5 cm³/mol. The van der Waals surface area contributed by atoms with Crippen LogP contribution in [-0.2, 0) is 6.54 Å². The van der Waals surface area contributed by atoms with Crippen LogP contribution in [0.25, 0.3) is 5.69 Å². The maximum Gasteiger partial charge on any atom is 0.251 e. The molecule has 1 N–H and O–H groups in total. The van der Waals surface area contributed by atoms with Crippen LogP contribution in [0.2, 0.25) is 10.0 Å². The zero-order valence-electron chi connectivity index (χ0n) is 12.1. The third-order valence-electron chi connectivity index (χ3n) is 3.14. The van der Waals surface area contributed by atoms with Gasteiger partial charge in [0.15, 0.2) is 5.82 Å². The number of hydrogen-bond acceptors (Lipinski definition) is 4. The van der Waals surface area contributed by atoms with Crippen molar-refractivity contribution in [1.29, 1.82) is 0 Å². The van der Waals surface area contributed by atoms with E-state index >= 15 is 0 Å². The van der Waals surface area contributed by atoms with Gasteiger partial charge in [-0.25, -0.2) is 0 Å². The van der Waals surface area contributed by atoms with Gasteiger partial charge in [0.1, 0.15) is 0 Å². The summed E-state index contributed by atoms with van der Waals surface area (Å²) >= 11 is 15.2. The van der Waals surface area contributed by atoms with E-state index in [0.717, 1.165) is 10.2 Å². The van der Waals surface area contributed by atoms with Crippen LogP contribution in [0.15, 0.2) is 46.9 Å². The van der Waals surface area contributed by atoms with E-state index in [9.17, 15) is 4.79 Å². The largest absolute Gasteiger partial charge is 0.345 e. The third kappa shape index (κ3) is 3.92. The van der Waals surface area contributed by atoms with Gasteiger partial charge in [0.05, 0.1) is 12.2 Å². The number of benzene rings is 2. The van der Waals surface area contributed by atoms with E-state index < -0.39 is 0 Å². The molecule has 24 heavy (non-hydrogen) atoms. The van der Waals surface area contributed by atoms with E-state index in [1.807, 2.05) is 24.3 Å². The normalized spacial score (nSPS) is 10.6. The fourth-order valence-electron chi connectivity index (χ4n) is 2.05. The van der Waals surface area contributed by atoms with Crippen LogP contribution < -0.4 is 5.32 Å². The van der Waals surface area contributed by atoms with E-state index in [2.05, 4.69) is 36.8 Å². The molecule has 0 atom stereocenters. The van der Waals surface area contributed by atoms with Gasteiger partial charge in [-0.1, -0.05) is 39.1 Å². The molecule has 1 heterocycles. The number of nitrogens with zero attached hydrogens (tertiary/aromatic N) is 4. The molecular formula is C15H10BrCl2N5O. The van der Waals surface area contributed by atoms with E-state index in [0.29, 0.717) is 21.4 Å². The first-order valence-electron chi connectivity index (χ1n) is 6.80. The molecule has 1 amide bonds. The molecule has 0 aliphatic rings. The van der Waals surface area contributed by atoms with Gasteiger partial charge in [0, 0.05) is 20.1 Å². The van der Waals surface area contributed by atoms with Crippen LogP contribution in [0.4, 0.5) is 0 Å². The van der Waals surface area contributed by atoms with Gasteiger partial charge in [-0.15, -0.1) is 5.10 Å². The lowest BCUT2D eigenvalue weighted by atomic mass is 10.2. The Hall–Kier alpha value is -1.96. The van der Waals surface area contributed by atoms with Crippen LogP contribution >= 0.6 is 39.1 Å². The molecule has 2 aromatic carbocycles. The summed E-state index contributed by atoms with van der Waals surface area (Å²) in [5, 5.41) is 15.1. The van der Waals surface area contributed by atoms with Gasteiger partial charge in [0.2, 0.25) is 0 Å². The smallest absolute Gasteiger partial charge is 0.251 e. The third-order valence-corrected chi connectivity index (χ3v) is 4.10. The lowest BCUT2D eigenvalue weighted by Crippen LogP contribution is -2.24. The number of halogens is 3. The zero-order chi connectivity index (χ0) is 17.1. The van der Waals surface area contributed by atoms with Crippen LogP contribution in [-0.4, -0.2) is 26.1 Å². The minimum absolute atomic E-state index is 0.159. The number of carbonyl (C=O) groups excluding carboxylic acids is 1. The molecule has 6 nitrogen and oxygen atoms in total. The number of amides is 1. The molecule has 0 bridgehead atoms. The van der Waals surface area contributed by atoms with E-state index in [1.165, 1.54) is 0 Å².